The SMILES string of the molecule is O=C(NC1CC1)c1ccc(Nc2ncnc3ccccc23)cc1. The molecule has 0 atom stereocenters. The molecule has 114 valence electrons. The Kier molecular flexibility index (Phi) is 3.38. The van der Waals surface area contributed by atoms with Crippen LogP contribution in [0.15, 0.2) is 54.9 Å². The smallest absolute Gasteiger partial charge is 0.251 e. The highest BCUT2D eigenvalue weighted by Gasteiger charge is 2.23. The van der Waals surface area contributed by atoms with Gasteiger partial charge in [-0.2, -0.15) is 0 Å². The first-order chi connectivity index (χ1) is 11.3. The largest absolute Gasteiger partial charge is 0.349 e. The van der Waals surface area contributed by atoms with Crippen molar-refractivity contribution in [1.82, 2.24) is 15.3 Å². The number of hydrogen-bond acceptors (Lipinski definition) is 4. The van der Waals surface area contributed by atoms with E-state index in [4.69, 9.17) is 0 Å². The summed E-state index contributed by atoms with van der Waals surface area (Å²) < 4.78 is 0. The van der Waals surface area contributed by atoms with Gasteiger partial charge in [-0.3, -0.25) is 4.79 Å². The van der Waals surface area contributed by atoms with Crippen molar-refractivity contribution in [2.75, 3.05) is 5.32 Å². The van der Waals surface area contributed by atoms with Crippen molar-refractivity contribution in [2.24, 2.45) is 0 Å². The lowest BCUT2D eigenvalue weighted by Crippen LogP contribution is -2.25. The fourth-order valence-corrected chi connectivity index (χ4v) is 2.44. The molecule has 0 unspecified atom stereocenters. The maximum atomic E-state index is 12.0. The van der Waals surface area contributed by atoms with E-state index >= 15 is 0 Å². The highest BCUT2D eigenvalue weighted by atomic mass is 16.1. The number of benzene rings is 2. The Bertz CT molecular complexity index is 851. The van der Waals surface area contributed by atoms with E-state index in [2.05, 4.69) is 20.6 Å². The van der Waals surface area contributed by atoms with Gasteiger partial charge in [0.2, 0.25) is 0 Å². The van der Waals surface area contributed by atoms with Crippen molar-refractivity contribution in [3.63, 3.8) is 0 Å². The Balaban J connectivity index is 1.55. The number of para-hydroxylation sites is 1. The Labute approximate surface area is 133 Å². The number of hydrogen-bond donors (Lipinski definition) is 2. The second kappa shape index (κ2) is 5.68. The molecule has 0 bridgehead atoms. The van der Waals surface area contributed by atoms with E-state index in [1.165, 1.54) is 0 Å². The number of carbonyl (C=O) groups excluding carboxylic acids is 1. The lowest BCUT2D eigenvalue weighted by atomic mass is 10.2. The zero-order valence-corrected chi connectivity index (χ0v) is 12.5. The summed E-state index contributed by atoms with van der Waals surface area (Å²) in [6.07, 6.45) is 3.72. The number of rotatable bonds is 4. The van der Waals surface area contributed by atoms with Gasteiger partial charge in [0.15, 0.2) is 0 Å². The molecular formula is C18H16N4O. The van der Waals surface area contributed by atoms with Crippen LogP contribution in [-0.4, -0.2) is 21.9 Å². The summed E-state index contributed by atoms with van der Waals surface area (Å²) in [5.41, 5.74) is 2.46. The van der Waals surface area contributed by atoms with Gasteiger partial charge in [-0.25, -0.2) is 9.97 Å². The maximum absolute atomic E-state index is 12.0. The van der Waals surface area contributed by atoms with Gasteiger partial charge in [0.1, 0.15) is 12.1 Å². The van der Waals surface area contributed by atoms with Crippen molar-refractivity contribution < 1.29 is 4.79 Å². The molecule has 1 aromatic heterocycles. The lowest BCUT2D eigenvalue weighted by molar-refractivity contribution is 0.0951. The molecule has 2 aromatic carbocycles. The number of carbonyl (C=O) groups is 1. The van der Waals surface area contributed by atoms with E-state index in [0.29, 0.717) is 11.6 Å². The molecule has 3 aromatic rings. The topological polar surface area (TPSA) is 66.9 Å². The monoisotopic (exact) mass is 304 g/mol. The molecule has 23 heavy (non-hydrogen) atoms. The number of nitrogens with one attached hydrogen (secondary N) is 2. The van der Waals surface area contributed by atoms with Crippen LogP contribution in [0.4, 0.5) is 11.5 Å². The summed E-state index contributed by atoms with van der Waals surface area (Å²) >= 11 is 0. The third-order valence-corrected chi connectivity index (χ3v) is 3.87. The van der Waals surface area contributed by atoms with Gasteiger partial charge in [-0.15, -0.1) is 0 Å². The quantitative estimate of drug-likeness (QED) is 0.776. The summed E-state index contributed by atoms with van der Waals surface area (Å²) in [7, 11) is 0. The van der Waals surface area contributed by atoms with Crippen LogP contribution in [0.3, 0.4) is 0 Å². The van der Waals surface area contributed by atoms with Gasteiger partial charge < -0.3 is 10.6 Å². The van der Waals surface area contributed by atoms with Crippen LogP contribution in [-0.2, 0) is 0 Å². The minimum absolute atomic E-state index is 0.00784. The Morgan fingerprint density at radius 3 is 2.57 bits per heavy atom. The fourth-order valence-electron chi connectivity index (χ4n) is 2.44. The number of anilines is 2. The molecular weight excluding hydrogens is 288 g/mol. The predicted octanol–water partition coefficient (Wildman–Crippen LogP) is 3.27. The van der Waals surface area contributed by atoms with E-state index in [9.17, 15) is 4.79 Å². The molecule has 1 fully saturated rings. The van der Waals surface area contributed by atoms with Gasteiger partial charge in [-0.05, 0) is 49.2 Å². The van der Waals surface area contributed by atoms with Crippen LogP contribution in [0.5, 0.6) is 0 Å². The lowest BCUT2D eigenvalue weighted by Gasteiger charge is -2.09. The second-order valence-corrected chi connectivity index (χ2v) is 5.69. The average Bonchev–Trinajstić information content (AvgIpc) is 3.40. The Morgan fingerprint density at radius 2 is 1.78 bits per heavy atom. The summed E-state index contributed by atoms with van der Waals surface area (Å²) in [5, 5.41) is 7.23. The number of fused-ring (bicyclic) bond motifs is 1. The molecule has 0 radical (unpaired) electrons. The van der Waals surface area contributed by atoms with E-state index in [0.717, 1.165) is 35.2 Å². The van der Waals surface area contributed by atoms with Gasteiger partial charge in [0, 0.05) is 22.7 Å². The summed E-state index contributed by atoms with van der Waals surface area (Å²) in [4.78, 5) is 20.5. The molecule has 1 saturated carbocycles. The third kappa shape index (κ3) is 2.99. The van der Waals surface area contributed by atoms with Gasteiger partial charge in [0.05, 0.1) is 5.52 Å². The van der Waals surface area contributed by atoms with E-state index in [1.807, 2.05) is 48.5 Å². The first-order valence-corrected chi connectivity index (χ1v) is 7.67. The standard InChI is InChI=1S/C18H16N4O/c23-18(22-14-9-10-14)12-5-7-13(8-6-12)21-17-15-3-1-2-4-16(15)19-11-20-17/h1-8,11,14H,9-10H2,(H,22,23)(H,19,20,21). The number of amides is 1. The number of nitrogens with zero attached hydrogens (tertiary/aromatic N) is 2. The molecule has 5 nitrogen and oxygen atoms in total. The van der Waals surface area contributed by atoms with Crippen LogP contribution in [0, 0.1) is 0 Å². The highest BCUT2D eigenvalue weighted by molar-refractivity contribution is 5.95. The van der Waals surface area contributed by atoms with Crippen LogP contribution in [0.2, 0.25) is 0 Å². The zero-order chi connectivity index (χ0) is 15.6. The van der Waals surface area contributed by atoms with E-state index in [-0.39, 0.29) is 5.91 Å². The first kappa shape index (κ1) is 13.7. The first-order valence-electron chi connectivity index (χ1n) is 7.67. The zero-order valence-electron chi connectivity index (χ0n) is 12.5. The molecule has 1 heterocycles. The van der Waals surface area contributed by atoms with Crippen molar-refractivity contribution in [3.05, 3.63) is 60.4 Å². The molecule has 1 amide bonds. The normalized spacial score (nSPS) is 13.7. The maximum Gasteiger partial charge on any atom is 0.251 e. The average molecular weight is 304 g/mol. The van der Waals surface area contributed by atoms with Gasteiger partial charge >= 0.3 is 0 Å². The molecule has 2 N–H and O–H groups in total. The Hall–Kier alpha value is -2.95. The van der Waals surface area contributed by atoms with Crippen molar-refractivity contribution in [2.45, 2.75) is 18.9 Å². The van der Waals surface area contributed by atoms with Crippen molar-refractivity contribution in [1.29, 1.82) is 0 Å². The van der Waals surface area contributed by atoms with E-state index in [1.54, 1.807) is 6.33 Å². The summed E-state index contributed by atoms with van der Waals surface area (Å²) in [5.74, 6) is 0.748. The van der Waals surface area contributed by atoms with E-state index < -0.39 is 0 Å². The molecule has 5 heteroatoms. The third-order valence-electron chi connectivity index (χ3n) is 3.87. The molecule has 0 saturated heterocycles. The highest BCUT2D eigenvalue weighted by Crippen LogP contribution is 2.23. The summed E-state index contributed by atoms with van der Waals surface area (Å²) in [6.45, 7) is 0. The minimum atomic E-state index is -0.00784. The van der Waals surface area contributed by atoms with Crippen LogP contribution < -0.4 is 10.6 Å². The van der Waals surface area contributed by atoms with Gasteiger partial charge in [0.25, 0.3) is 5.91 Å². The van der Waals surface area contributed by atoms with Crippen molar-refractivity contribution >= 4 is 28.3 Å². The van der Waals surface area contributed by atoms with Crippen LogP contribution >= 0.6 is 0 Å². The molecule has 1 aliphatic rings. The molecule has 1 aliphatic carbocycles. The van der Waals surface area contributed by atoms with Crippen LogP contribution in [0.25, 0.3) is 10.9 Å². The fraction of sp³-hybridized carbons (Fsp3) is 0.167. The van der Waals surface area contributed by atoms with Crippen molar-refractivity contribution in [3.8, 4) is 0 Å². The van der Waals surface area contributed by atoms with Crippen LogP contribution in [0.1, 0.15) is 23.2 Å². The summed E-state index contributed by atoms with van der Waals surface area (Å²) in [6, 6.07) is 15.6. The molecule has 0 spiro atoms. The van der Waals surface area contributed by atoms with Gasteiger partial charge in [-0.1, -0.05) is 12.1 Å². The molecule has 0 aliphatic heterocycles. The predicted molar refractivity (Wildman–Crippen MR) is 89.8 cm³/mol. The number of aromatic nitrogens is 2. The molecule has 4 rings (SSSR count). The second-order valence-electron chi connectivity index (χ2n) is 5.69. The Morgan fingerprint density at radius 1 is 1.00 bits per heavy atom. The minimum Gasteiger partial charge on any atom is -0.349 e.